The highest BCUT2D eigenvalue weighted by atomic mass is 19.1. The summed E-state index contributed by atoms with van der Waals surface area (Å²) in [5.74, 6) is 0. The van der Waals surface area contributed by atoms with Crippen molar-refractivity contribution in [2.45, 2.75) is 51.2 Å². The van der Waals surface area contributed by atoms with Crippen LogP contribution in [0.2, 0.25) is 0 Å². The summed E-state index contributed by atoms with van der Waals surface area (Å²) in [6.45, 7) is 3.14. The van der Waals surface area contributed by atoms with Crippen molar-refractivity contribution in [2.24, 2.45) is 0 Å². The zero-order valence-electron chi connectivity index (χ0n) is 7.28. The Hall–Kier alpha value is -0.110. The zero-order chi connectivity index (χ0) is 8.10. The van der Waals surface area contributed by atoms with Gasteiger partial charge in [-0.05, 0) is 32.2 Å². The second-order valence-corrected chi connectivity index (χ2v) is 3.36. The first-order chi connectivity index (χ1) is 5.34. The molecule has 1 rings (SSSR count). The van der Waals surface area contributed by atoms with Crippen LogP contribution in [0.5, 0.6) is 0 Å². The fourth-order valence-corrected chi connectivity index (χ4v) is 1.61. The quantitative estimate of drug-likeness (QED) is 0.620. The second-order valence-electron chi connectivity index (χ2n) is 3.36. The molecule has 0 unspecified atom stereocenters. The van der Waals surface area contributed by atoms with Gasteiger partial charge in [0, 0.05) is 6.04 Å². The molecule has 0 aromatic heterocycles. The predicted molar refractivity (Wildman–Crippen MR) is 45.4 cm³/mol. The van der Waals surface area contributed by atoms with E-state index in [4.69, 9.17) is 0 Å². The number of halogens is 1. The summed E-state index contributed by atoms with van der Waals surface area (Å²) < 4.78 is 13.0. The van der Waals surface area contributed by atoms with Crippen LogP contribution in [0.15, 0.2) is 0 Å². The number of alkyl halides is 1. The van der Waals surface area contributed by atoms with Gasteiger partial charge in [-0.15, -0.1) is 0 Å². The molecule has 0 saturated heterocycles. The van der Waals surface area contributed by atoms with Crippen LogP contribution in [0.25, 0.3) is 0 Å². The summed E-state index contributed by atoms with van der Waals surface area (Å²) in [7, 11) is 0. The largest absolute Gasteiger partial charge is 0.311 e. The molecule has 0 amide bonds. The summed E-state index contributed by atoms with van der Waals surface area (Å²) in [5, 5.41) is 3.26. The molecule has 11 heavy (non-hydrogen) atoms. The summed E-state index contributed by atoms with van der Waals surface area (Å²) in [4.78, 5) is 0. The maximum Gasteiger partial charge on any atom is 0.115 e. The monoisotopic (exact) mass is 159 g/mol. The van der Waals surface area contributed by atoms with Crippen molar-refractivity contribution < 1.29 is 4.39 Å². The van der Waals surface area contributed by atoms with E-state index in [-0.39, 0.29) is 6.04 Å². The molecule has 2 atom stereocenters. The molecule has 1 N–H and O–H groups in total. The van der Waals surface area contributed by atoms with E-state index in [0.717, 1.165) is 25.8 Å². The van der Waals surface area contributed by atoms with Gasteiger partial charge in [-0.3, -0.25) is 0 Å². The van der Waals surface area contributed by atoms with Gasteiger partial charge in [0.2, 0.25) is 0 Å². The van der Waals surface area contributed by atoms with E-state index in [0.29, 0.717) is 0 Å². The minimum Gasteiger partial charge on any atom is -0.311 e. The molecule has 1 nitrogen and oxygen atoms in total. The fraction of sp³-hybridized carbons (Fsp3) is 1.00. The maximum absolute atomic E-state index is 13.0. The van der Waals surface area contributed by atoms with Gasteiger partial charge < -0.3 is 5.32 Å². The van der Waals surface area contributed by atoms with Crippen molar-refractivity contribution in [3.05, 3.63) is 0 Å². The van der Waals surface area contributed by atoms with Crippen LogP contribution in [-0.4, -0.2) is 18.8 Å². The summed E-state index contributed by atoms with van der Waals surface area (Å²) >= 11 is 0. The number of hydrogen-bond donors (Lipinski definition) is 1. The van der Waals surface area contributed by atoms with Gasteiger partial charge in [0.25, 0.3) is 0 Å². The van der Waals surface area contributed by atoms with Crippen LogP contribution in [0.4, 0.5) is 4.39 Å². The molecule has 0 aromatic rings. The van der Waals surface area contributed by atoms with Crippen molar-refractivity contribution >= 4 is 0 Å². The second kappa shape index (κ2) is 4.70. The molecule has 2 heteroatoms. The van der Waals surface area contributed by atoms with Gasteiger partial charge in [0.15, 0.2) is 0 Å². The van der Waals surface area contributed by atoms with E-state index in [1.54, 1.807) is 0 Å². The lowest BCUT2D eigenvalue weighted by Crippen LogP contribution is -2.33. The predicted octanol–water partition coefficient (Wildman–Crippen LogP) is 2.27. The summed E-state index contributed by atoms with van der Waals surface area (Å²) in [5.41, 5.74) is 0. The third kappa shape index (κ3) is 2.78. The first-order valence-corrected chi connectivity index (χ1v) is 4.72. The van der Waals surface area contributed by atoms with Gasteiger partial charge in [-0.2, -0.15) is 0 Å². The molecule has 0 bridgehead atoms. The molecule has 0 spiro atoms. The molecule has 0 aromatic carbocycles. The van der Waals surface area contributed by atoms with E-state index < -0.39 is 6.17 Å². The Labute approximate surface area is 68.4 Å². The Kier molecular flexibility index (Phi) is 3.84. The number of rotatable bonds is 4. The smallest absolute Gasteiger partial charge is 0.115 e. The molecule has 0 radical (unpaired) electrons. The minimum absolute atomic E-state index is 0.168. The van der Waals surface area contributed by atoms with Crippen molar-refractivity contribution in [3.8, 4) is 0 Å². The van der Waals surface area contributed by atoms with Gasteiger partial charge in [0.05, 0.1) is 0 Å². The first kappa shape index (κ1) is 8.98. The van der Waals surface area contributed by atoms with Crippen LogP contribution in [0.1, 0.15) is 39.0 Å². The van der Waals surface area contributed by atoms with Crippen LogP contribution in [0, 0.1) is 0 Å². The lowest BCUT2D eigenvalue weighted by atomic mass is 10.2. The Morgan fingerprint density at radius 2 is 2.27 bits per heavy atom. The summed E-state index contributed by atoms with van der Waals surface area (Å²) in [6.07, 6.45) is 4.64. The van der Waals surface area contributed by atoms with Crippen molar-refractivity contribution in [2.75, 3.05) is 6.54 Å². The highest BCUT2D eigenvalue weighted by molar-refractivity contribution is 4.82. The van der Waals surface area contributed by atoms with Crippen molar-refractivity contribution in [1.82, 2.24) is 5.32 Å². The van der Waals surface area contributed by atoms with Crippen LogP contribution in [0.3, 0.4) is 0 Å². The fourth-order valence-electron chi connectivity index (χ4n) is 1.61. The zero-order valence-corrected chi connectivity index (χ0v) is 7.28. The molecular formula is C9H18FN. The normalized spacial score (nSPS) is 31.1. The average Bonchev–Trinajstić information content (AvgIpc) is 2.37. The lowest BCUT2D eigenvalue weighted by molar-refractivity contribution is 0.280. The molecule has 0 aliphatic heterocycles. The molecular weight excluding hydrogens is 141 g/mol. The minimum atomic E-state index is -0.577. The topological polar surface area (TPSA) is 12.0 Å². The molecule has 0 heterocycles. The van der Waals surface area contributed by atoms with E-state index in [9.17, 15) is 4.39 Å². The Morgan fingerprint density at radius 3 is 2.82 bits per heavy atom. The van der Waals surface area contributed by atoms with E-state index in [2.05, 4.69) is 12.2 Å². The Morgan fingerprint density at radius 1 is 1.45 bits per heavy atom. The Balaban J connectivity index is 2.05. The number of hydrogen-bond acceptors (Lipinski definition) is 1. The molecule has 1 aliphatic carbocycles. The SMILES string of the molecule is CCCCN[C@@H]1CCC[C@H]1F. The number of nitrogens with one attached hydrogen (secondary N) is 1. The van der Waals surface area contributed by atoms with E-state index in [1.165, 1.54) is 12.8 Å². The van der Waals surface area contributed by atoms with Crippen LogP contribution in [-0.2, 0) is 0 Å². The van der Waals surface area contributed by atoms with Gasteiger partial charge in [-0.1, -0.05) is 13.3 Å². The maximum atomic E-state index is 13.0. The molecule has 1 fully saturated rings. The number of unbranched alkanes of at least 4 members (excludes halogenated alkanes) is 1. The summed E-state index contributed by atoms with van der Waals surface area (Å²) in [6, 6.07) is 0.168. The van der Waals surface area contributed by atoms with Gasteiger partial charge >= 0.3 is 0 Å². The van der Waals surface area contributed by atoms with Crippen LogP contribution >= 0.6 is 0 Å². The lowest BCUT2D eigenvalue weighted by Gasteiger charge is -2.13. The third-order valence-corrected chi connectivity index (χ3v) is 2.37. The van der Waals surface area contributed by atoms with E-state index >= 15 is 0 Å². The van der Waals surface area contributed by atoms with E-state index in [1.807, 2.05) is 0 Å². The third-order valence-electron chi connectivity index (χ3n) is 2.37. The molecule has 1 aliphatic rings. The molecule has 1 saturated carbocycles. The highest BCUT2D eigenvalue weighted by Gasteiger charge is 2.25. The van der Waals surface area contributed by atoms with Gasteiger partial charge in [0.1, 0.15) is 6.17 Å². The van der Waals surface area contributed by atoms with Crippen molar-refractivity contribution in [1.29, 1.82) is 0 Å². The highest BCUT2D eigenvalue weighted by Crippen LogP contribution is 2.21. The van der Waals surface area contributed by atoms with Crippen molar-refractivity contribution in [3.63, 3.8) is 0 Å². The standard InChI is InChI=1S/C9H18FN/c1-2-3-7-11-9-6-4-5-8(9)10/h8-9,11H,2-7H2,1H3/t8-,9-/m1/s1. The molecule has 66 valence electrons. The average molecular weight is 159 g/mol. The van der Waals surface area contributed by atoms with Crippen LogP contribution < -0.4 is 5.32 Å². The van der Waals surface area contributed by atoms with Gasteiger partial charge in [-0.25, -0.2) is 4.39 Å². The first-order valence-electron chi connectivity index (χ1n) is 4.72. The Bertz CT molecular complexity index is 106.